The second-order valence-electron chi connectivity index (χ2n) is 4.57. The van der Waals surface area contributed by atoms with Crippen molar-refractivity contribution in [3.05, 3.63) is 51.7 Å². The molecule has 1 aromatic heterocycles. The molecular weight excluding hydrogens is 354 g/mol. The summed E-state index contributed by atoms with van der Waals surface area (Å²) in [6, 6.07) is 12.0. The first-order valence-corrected chi connectivity index (χ1v) is 8.13. The largest absolute Gasteiger partial charge is 0.484 e. The number of ketones is 1. The minimum Gasteiger partial charge on any atom is -0.484 e. The Hall–Kier alpha value is -2.38. The molecule has 0 aliphatic heterocycles. The van der Waals surface area contributed by atoms with E-state index in [2.05, 4.69) is 5.32 Å². The number of carbonyl (C=O) groups is 3. The van der Waals surface area contributed by atoms with Crippen LogP contribution in [0.5, 0.6) is 5.75 Å². The molecule has 0 bridgehead atoms. The Morgan fingerprint density at radius 2 is 1.79 bits per heavy atom. The second-order valence-corrected chi connectivity index (χ2v) is 6.28. The molecule has 0 unspecified atom stereocenters. The number of rotatable bonds is 8. The van der Waals surface area contributed by atoms with Crippen LogP contribution < -0.4 is 10.1 Å². The zero-order valence-electron chi connectivity index (χ0n) is 12.5. The van der Waals surface area contributed by atoms with E-state index in [1.807, 2.05) is 6.07 Å². The number of carbonyl (C=O) groups excluding carboxylic acids is 3. The lowest BCUT2D eigenvalue weighted by Crippen LogP contribution is -2.34. The number of amides is 1. The second kappa shape index (κ2) is 9.05. The van der Waals surface area contributed by atoms with Crippen molar-refractivity contribution in [3.8, 4) is 5.75 Å². The summed E-state index contributed by atoms with van der Waals surface area (Å²) in [5.74, 6) is -0.972. The summed E-state index contributed by atoms with van der Waals surface area (Å²) in [5, 5.41) is 2.35. The number of hydrogen-bond donors (Lipinski definition) is 1. The quantitative estimate of drug-likeness (QED) is 0.572. The predicted molar refractivity (Wildman–Crippen MR) is 89.6 cm³/mol. The van der Waals surface area contributed by atoms with Crippen molar-refractivity contribution in [2.24, 2.45) is 0 Å². The Morgan fingerprint density at radius 1 is 1.04 bits per heavy atom. The lowest BCUT2D eigenvalue weighted by atomic mass is 10.3. The van der Waals surface area contributed by atoms with E-state index in [-0.39, 0.29) is 18.9 Å². The number of halogens is 1. The van der Waals surface area contributed by atoms with Crippen molar-refractivity contribution in [3.63, 3.8) is 0 Å². The van der Waals surface area contributed by atoms with Gasteiger partial charge in [-0.25, -0.2) is 0 Å². The van der Waals surface area contributed by atoms with Crippen LogP contribution in [0.15, 0.2) is 42.5 Å². The number of thiophene rings is 1. The van der Waals surface area contributed by atoms with Gasteiger partial charge in [0.15, 0.2) is 13.2 Å². The van der Waals surface area contributed by atoms with Gasteiger partial charge in [-0.15, -0.1) is 11.3 Å². The fourth-order valence-electron chi connectivity index (χ4n) is 1.62. The third kappa shape index (κ3) is 6.02. The minimum absolute atomic E-state index is 0.218. The van der Waals surface area contributed by atoms with Crippen molar-refractivity contribution >= 4 is 40.6 Å². The summed E-state index contributed by atoms with van der Waals surface area (Å²) in [4.78, 5) is 35.2. The Bertz CT molecular complexity index is 716. The first-order valence-electron chi connectivity index (χ1n) is 6.93. The summed E-state index contributed by atoms with van der Waals surface area (Å²) in [7, 11) is 0. The van der Waals surface area contributed by atoms with Crippen LogP contribution in [0.1, 0.15) is 9.67 Å². The van der Waals surface area contributed by atoms with Crippen molar-refractivity contribution in [1.82, 2.24) is 5.32 Å². The maximum Gasteiger partial charge on any atom is 0.325 e. The van der Waals surface area contributed by atoms with Crippen LogP contribution in [0.25, 0.3) is 0 Å². The molecule has 0 atom stereocenters. The third-order valence-corrected chi connectivity index (χ3v) is 4.03. The lowest BCUT2D eigenvalue weighted by molar-refractivity contribution is -0.143. The number of hydrogen-bond acceptors (Lipinski definition) is 6. The molecule has 0 fully saturated rings. The Labute approximate surface area is 147 Å². The van der Waals surface area contributed by atoms with Crippen molar-refractivity contribution < 1.29 is 23.9 Å². The SMILES string of the molecule is O=C(COc1ccccc1)NCC(=O)OCC(=O)c1ccc(Cl)s1. The van der Waals surface area contributed by atoms with E-state index in [0.29, 0.717) is 15.0 Å². The molecule has 1 aromatic carbocycles. The third-order valence-electron chi connectivity index (χ3n) is 2.76. The van der Waals surface area contributed by atoms with Gasteiger partial charge in [0, 0.05) is 0 Å². The van der Waals surface area contributed by atoms with Gasteiger partial charge in [0.2, 0.25) is 5.78 Å². The maximum absolute atomic E-state index is 11.7. The molecule has 2 aromatic rings. The molecule has 0 aliphatic rings. The summed E-state index contributed by atoms with van der Waals surface area (Å²) in [6.45, 7) is -0.953. The molecule has 0 radical (unpaired) electrons. The van der Waals surface area contributed by atoms with E-state index in [4.69, 9.17) is 21.1 Å². The smallest absolute Gasteiger partial charge is 0.325 e. The molecule has 0 saturated carbocycles. The maximum atomic E-state index is 11.7. The van der Waals surface area contributed by atoms with Gasteiger partial charge in [0.05, 0.1) is 9.21 Å². The Kier molecular flexibility index (Phi) is 6.77. The summed E-state index contributed by atoms with van der Waals surface area (Å²) in [6.07, 6.45) is 0. The number of Topliss-reactive ketones (excluding diaryl/α,β-unsaturated/α-hetero) is 1. The number of esters is 1. The lowest BCUT2D eigenvalue weighted by Gasteiger charge is -2.07. The zero-order chi connectivity index (χ0) is 17.4. The van der Waals surface area contributed by atoms with Gasteiger partial charge in [-0.3, -0.25) is 14.4 Å². The molecule has 8 heteroatoms. The first-order chi connectivity index (χ1) is 11.5. The van der Waals surface area contributed by atoms with Crippen molar-refractivity contribution in [2.45, 2.75) is 0 Å². The van der Waals surface area contributed by atoms with Crippen LogP contribution in [-0.4, -0.2) is 37.4 Å². The fourth-order valence-corrected chi connectivity index (χ4v) is 2.59. The fraction of sp³-hybridized carbons (Fsp3) is 0.188. The Morgan fingerprint density at radius 3 is 2.46 bits per heavy atom. The van der Waals surface area contributed by atoms with Crippen LogP contribution in [0.4, 0.5) is 0 Å². The molecule has 1 N–H and O–H groups in total. The van der Waals surface area contributed by atoms with Gasteiger partial charge in [0.1, 0.15) is 12.3 Å². The Balaban J connectivity index is 1.63. The highest BCUT2D eigenvalue weighted by Crippen LogP contribution is 2.21. The molecule has 1 amide bonds. The first kappa shape index (κ1) is 18.0. The normalized spacial score (nSPS) is 10.0. The van der Waals surface area contributed by atoms with Gasteiger partial charge in [0.25, 0.3) is 5.91 Å². The highest BCUT2D eigenvalue weighted by molar-refractivity contribution is 7.18. The summed E-state index contributed by atoms with van der Waals surface area (Å²) >= 11 is 6.83. The molecule has 24 heavy (non-hydrogen) atoms. The molecule has 0 saturated heterocycles. The van der Waals surface area contributed by atoms with Gasteiger partial charge >= 0.3 is 5.97 Å². The van der Waals surface area contributed by atoms with Gasteiger partial charge < -0.3 is 14.8 Å². The average molecular weight is 368 g/mol. The van der Waals surface area contributed by atoms with Gasteiger partial charge in [-0.05, 0) is 24.3 Å². The predicted octanol–water partition coefficient (Wildman–Crippen LogP) is 2.32. The zero-order valence-corrected chi connectivity index (χ0v) is 14.1. The number of ether oxygens (including phenoxy) is 2. The topological polar surface area (TPSA) is 81.7 Å². The monoisotopic (exact) mass is 367 g/mol. The van der Waals surface area contributed by atoms with Gasteiger partial charge in [-0.2, -0.15) is 0 Å². The van der Waals surface area contributed by atoms with Crippen molar-refractivity contribution in [1.29, 1.82) is 0 Å². The molecular formula is C16H14ClNO5S. The molecule has 2 rings (SSSR count). The van der Waals surface area contributed by atoms with E-state index in [0.717, 1.165) is 11.3 Å². The number of para-hydroxylation sites is 1. The minimum atomic E-state index is -0.709. The average Bonchev–Trinajstić information content (AvgIpc) is 3.03. The van der Waals surface area contributed by atoms with Crippen molar-refractivity contribution in [2.75, 3.05) is 19.8 Å². The van der Waals surface area contributed by atoms with E-state index in [9.17, 15) is 14.4 Å². The molecule has 1 heterocycles. The van der Waals surface area contributed by atoms with Crippen LogP contribution in [-0.2, 0) is 14.3 Å². The van der Waals surface area contributed by atoms with E-state index in [1.54, 1.807) is 36.4 Å². The molecule has 0 aliphatic carbocycles. The van der Waals surface area contributed by atoms with Crippen LogP contribution in [0.3, 0.4) is 0 Å². The van der Waals surface area contributed by atoms with E-state index < -0.39 is 18.5 Å². The highest BCUT2D eigenvalue weighted by Gasteiger charge is 2.13. The standard InChI is InChI=1S/C16H14ClNO5S/c17-14-7-6-13(24-14)12(19)9-23-16(21)8-18-15(20)10-22-11-4-2-1-3-5-11/h1-7H,8-10H2,(H,18,20). The van der Waals surface area contributed by atoms with Gasteiger partial charge in [-0.1, -0.05) is 29.8 Å². The summed E-state index contributed by atoms with van der Waals surface area (Å²) in [5.41, 5.74) is 0. The molecule has 6 nitrogen and oxygen atoms in total. The molecule has 0 spiro atoms. The van der Waals surface area contributed by atoms with E-state index >= 15 is 0 Å². The molecule has 126 valence electrons. The van der Waals surface area contributed by atoms with Crippen LogP contribution in [0, 0.1) is 0 Å². The number of nitrogens with one attached hydrogen (secondary N) is 1. The highest BCUT2D eigenvalue weighted by atomic mass is 35.5. The summed E-state index contributed by atoms with van der Waals surface area (Å²) < 4.78 is 10.5. The number of benzene rings is 1. The van der Waals surface area contributed by atoms with Crippen LogP contribution >= 0.6 is 22.9 Å². The van der Waals surface area contributed by atoms with Crippen LogP contribution in [0.2, 0.25) is 4.34 Å². The van der Waals surface area contributed by atoms with E-state index in [1.165, 1.54) is 0 Å².